The number of ether oxygens (including phenoxy) is 1. The van der Waals surface area contributed by atoms with Crippen molar-refractivity contribution in [2.24, 2.45) is 5.92 Å². The van der Waals surface area contributed by atoms with E-state index in [-0.39, 0.29) is 23.8 Å². The molecule has 1 atom stereocenters. The van der Waals surface area contributed by atoms with E-state index in [1.54, 1.807) is 24.3 Å². The van der Waals surface area contributed by atoms with Gasteiger partial charge in [-0.15, -0.1) is 0 Å². The second-order valence-electron chi connectivity index (χ2n) is 5.82. The zero-order valence-electron chi connectivity index (χ0n) is 12.4. The van der Waals surface area contributed by atoms with Crippen LogP contribution in [0.4, 0.5) is 11.4 Å². The largest absolute Gasteiger partial charge is 0.378 e. The number of benzene rings is 1. The number of amides is 2. The Kier molecular flexibility index (Phi) is 4.70. The van der Waals surface area contributed by atoms with Gasteiger partial charge in [-0.1, -0.05) is 0 Å². The van der Waals surface area contributed by atoms with E-state index in [0.29, 0.717) is 19.6 Å². The third kappa shape index (κ3) is 4.29. The molecule has 0 bridgehead atoms. The van der Waals surface area contributed by atoms with Gasteiger partial charge in [-0.25, -0.2) is 0 Å². The number of morpholine rings is 1. The van der Waals surface area contributed by atoms with Crippen molar-refractivity contribution in [3.63, 3.8) is 0 Å². The van der Waals surface area contributed by atoms with E-state index >= 15 is 0 Å². The normalized spacial score (nSPS) is 21.2. The maximum absolute atomic E-state index is 12.0. The van der Waals surface area contributed by atoms with Gasteiger partial charge in [-0.05, 0) is 37.1 Å². The summed E-state index contributed by atoms with van der Waals surface area (Å²) in [6, 6.07) is 7.28. The van der Waals surface area contributed by atoms with Crippen LogP contribution < -0.4 is 16.0 Å². The van der Waals surface area contributed by atoms with Gasteiger partial charge in [0.05, 0.1) is 13.2 Å². The molecule has 6 nitrogen and oxygen atoms in total. The Morgan fingerprint density at radius 3 is 2.41 bits per heavy atom. The average molecular weight is 303 g/mol. The fourth-order valence-corrected chi connectivity index (χ4v) is 2.41. The molecule has 0 aromatic heterocycles. The van der Waals surface area contributed by atoms with E-state index < -0.39 is 0 Å². The fraction of sp³-hybridized carbons (Fsp3) is 0.500. The third-order valence-corrected chi connectivity index (χ3v) is 3.81. The number of anilines is 2. The molecule has 1 aliphatic heterocycles. The zero-order valence-corrected chi connectivity index (χ0v) is 12.4. The minimum atomic E-state index is -0.0437. The number of hydrogen-bond acceptors (Lipinski definition) is 4. The van der Waals surface area contributed by atoms with Gasteiger partial charge in [-0.3, -0.25) is 9.59 Å². The zero-order chi connectivity index (χ0) is 15.4. The number of rotatable bonds is 5. The summed E-state index contributed by atoms with van der Waals surface area (Å²) in [5.41, 5.74) is 1.49. The Labute approximate surface area is 129 Å². The van der Waals surface area contributed by atoms with Gasteiger partial charge in [0.1, 0.15) is 0 Å². The molecule has 0 radical (unpaired) electrons. The van der Waals surface area contributed by atoms with Crippen molar-refractivity contribution < 1.29 is 14.3 Å². The molecule has 1 aromatic carbocycles. The number of nitrogens with one attached hydrogen (secondary N) is 3. The van der Waals surface area contributed by atoms with Gasteiger partial charge in [-0.2, -0.15) is 0 Å². The molecule has 2 amide bonds. The first-order valence-electron chi connectivity index (χ1n) is 7.72. The number of hydrogen-bond donors (Lipinski definition) is 3. The fourth-order valence-electron chi connectivity index (χ4n) is 2.41. The highest BCUT2D eigenvalue weighted by Crippen LogP contribution is 2.30. The van der Waals surface area contributed by atoms with Crippen molar-refractivity contribution in [2.75, 3.05) is 30.4 Å². The lowest BCUT2D eigenvalue weighted by Gasteiger charge is -2.23. The predicted octanol–water partition coefficient (Wildman–Crippen LogP) is 1.35. The van der Waals surface area contributed by atoms with Gasteiger partial charge in [0.15, 0.2) is 0 Å². The second kappa shape index (κ2) is 6.89. The summed E-state index contributed by atoms with van der Waals surface area (Å²) in [7, 11) is 0. The Hall–Kier alpha value is -1.92. The Bertz CT molecular complexity index is 534. The molecule has 1 aliphatic carbocycles. The molecule has 3 N–H and O–H groups in total. The minimum absolute atomic E-state index is 0.0437. The lowest BCUT2D eigenvalue weighted by atomic mass is 10.2. The second-order valence-corrected chi connectivity index (χ2v) is 5.82. The molecule has 0 spiro atoms. The monoisotopic (exact) mass is 303 g/mol. The van der Waals surface area contributed by atoms with Crippen molar-refractivity contribution in [1.82, 2.24) is 5.32 Å². The van der Waals surface area contributed by atoms with Crippen LogP contribution in [0.1, 0.15) is 19.3 Å². The van der Waals surface area contributed by atoms with Crippen LogP contribution in [0.15, 0.2) is 24.3 Å². The highest BCUT2D eigenvalue weighted by atomic mass is 16.5. The Morgan fingerprint density at radius 1 is 1.14 bits per heavy atom. The molecular formula is C16H21N3O3. The van der Waals surface area contributed by atoms with E-state index in [1.807, 2.05) is 0 Å². The van der Waals surface area contributed by atoms with Gasteiger partial charge in [0, 0.05) is 36.3 Å². The van der Waals surface area contributed by atoms with E-state index in [9.17, 15) is 9.59 Å². The third-order valence-electron chi connectivity index (χ3n) is 3.81. The Morgan fingerprint density at radius 2 is 1.82 bits per heavy atom. The van der Waals surface area contributed by atoms with Crippen molar-refractivity contribution in [3.05, 3.63) is 24.3 Å². The number of carbonyl (C=O) groups excluding carboxylic acids is 2. The van der Waals surface area contributed by atoms with E-state index in [4.69, 9.17) is 4.74 Å². The summed E-state index contributed by atoms with van der Waals surface area (Å²) in [5, 5.41) is 8.98. The molecule has 2 aliphatic rings. The topological polar surface area (TPSA) is 79.5 Å². The Balaban J connectivity index is 1.47. The summed E-state index contributed by atoms with van der Waals surface area (Å²) in [6.07, 6.45) is 2.36. The highest BCUT2D eigenvalue weighted by molar-refractivity contribution is 5.95. The highest BCUT2D eigenvalue weighted by Gasteiger charge is 2.29. The van der Waals surface area contributed by atoms with Crippen LogP contribution in [0, 0.1) is 5.92 Å². The van der Waals surface area contributed by atoms with Gasteiger partial charge >= 0.3 is 0 Å². The molecule has 2 fully saturated rings. The lowest BCUT2D eigenvalue weighted by molar-refractivity contribution is -0.118. The molecule has 3 rings (SSSR count). The summed E-state index contributed by atoms with van der Waals surface area (Å²) < 4.78 is 5.33. The van der Waals surface area contributed by atoms with Crippen molar-refractivity contribution >= 4 is 23.2 Å². The van der Waals surface area contributed by atoms with Crippen molar-refractivity contribution in [2.45, 2.75) is 25.3 Å². The summed E-state index contributed by atoms with van der Waals surface area (Å²) in [4.78, 5) is 23.6. The molecule has 1 saturated carbocycles. The van der Waals surface area contributed by atoms with Gasteiger partial charge in [0.25, 0.3) is 0 Å². The summed E-state index contributed by atoms with van der Waals surface area (Å²) >= 11 is 0. The van der Waals surface area contributed by atoms with E-state index in [1.165, 1.54) is 0 Å². The van der Waals surface area contributed by atoms with Crippen LogP contribution >= 0.6 is 0 Å². The lowest BCUT2D eigenvalue weighted by Crippen LogP contribution is -2.43. The van der Waals surface area contributed by atoms with Crippen LogP contribution in [0.5, 0.6) is 0 Å². The smallest absolute Gasteiger partial charge is 0.227 e. The van der Waals surface area contributed by atoms with Crippen LogP contribution in [0.25, 0.3) is 0 Å². The van der Waals surface area contributed by atoms with E-state index in [0.717, 1.165) is 30.8 Å². The van der Waals surface area contributed by atoms with Crippen LogP contribution in [0.2, 0.25) is 0 Å². The first kappa shape index (κ1) is 15.0. The first-order chi connectivity index (χ1) is 10.7. The average Bonchev–Trinajstić information content (AvgIpc) is 3.35. The molecule has 1 heterocycles. The van der Waals surface area contributed by atoms with Crippen molar-refractivity contribution in [1.29, 1.82) is 0 Å². The summed E-state index contributed by atoms with van der Waals surface area (Å²) in [6.45, 7) is 2.05. The molecule has 1 saturated heterocycles. The predicted molar refractivity (Wildman–Crippen MR) is 83.7 cm³/mol. The van der Waals surface area contributed by atoms with Gasteiger partial charge < -0.3 is 20.7 Å². The SMILES string of the molecule is O=C(CC1COCCN1)Nc1ccc(NC(=O)C2CC2)cc1. The quantitative estimate of drug-likeness (QED) is 0.767. The molecule has 1 aromatic rings. The molecule has 6 heteroatoms. The first-order valence-corrected chi connectivity index (χ1v) is 7.72. The maximum Gasteiger partial charge on any atom is 0.227 e. The maximum atomic E-state index is 12.0. The summed E-state index contributed by atoms with van der Waals surface area (Å²) in [5.74, 6) is 0.225. The molecule has 1 unspecified atom stereocenters. The van der Waals surface area contributed by atoms with E-state index in [2.05, 4.69) is 16.0 Å². The minimum Gasteiger partial charge on any atom is -0.378 e. The standard InChI is InChI=1S/C16H21N3O3/c20-15(9-14-10-22-8-7-17-14)18-12-3-5-13(6-4-12)19-16(21)11-1-2-11/h3-6,11,14,17H,1-2,7-10H2,(H,18,20)(H,19,21). The van der Waals surface area contributed by atoms with Crippen LogP contribution in [-0.2, 0) is 14.3 Å². The van der Waals surface area contributed by atoms with Crippen molar-refractivity contribution in [3.8, 4) is 0 Å². The molecular weight excluding hydrogens is 282 g/mol. The van der Waals surface area contributed by atoms with Gasteiger partial charge in [0.2, 0.25) is 11.8 Å². The van der Waals surface area contributed by atoms with Crippen LogP contribution in [-0.4, -0.2) is 37.6 Å². The number of carbonyl (C=O) groups is 2. The molecule has 118 valence electrons. The van der Waals surface area contributed by atoms with Crippen LogP contribution in [0.3, 0.4) is 0 Å². The molecule has 22 heavy (non-hydrogen) atoms.